The number of ether oxygens (including phenoxy) is 1. The van der Waals surface area contributed by atoms with Crippen LogP contribution in [0.5, 0.6) is 0 Å². The molecule has 7 heteroatoms. The predicted molar refractivity (Wildman–Crippen MR) is 102 cm³/mol. The molecule has 0 aromatic rings. The van der Waals surface area contributed by atoms with Crippen LogP contribution in [-0.4, -0.2) is 66.0 Å². The predicted octanol–water partition coefficient (Wildman–Crippen LogP) is 1.12. The number of carbonyl (C=O) groups is 2. The summed E-state index contributed by atoms with van der Waals surface area (Å²) in [5.74, 6) is 0.396. The summed E-state index contributed by atoms with van der Waals surface area (Å²) >= 11 is 0. The van der Waals surface area contributed by atoms with Crippen molar-refractivity contribution in [2.24, 2.45) is 22.7 Å². The van der Waals surface area contributed by atoms with Gasteiger partial charge in [0, 0.05) is 37.8 Å². The number of piperidine rings is 1. The molecule has 3 rings (SSSR count). The highest BCUT2D eigenvalue weighted by Gasteiger charge is 2.43. The third kappa shape index (κ3) is 4.96. The van der Waals surface area contributed by atoms with Crippen molar-refractivity contribution in [3.8, 4) is 0 Å². The minimum atomic E-state index is -0.366. The average Bonchev–Trinajstić information content (AvgIpc) is 3.04. The van der Waals surface area contributed by atoms with Crippen LogP contribution >= 0.6 is 0 Å². The van der Waals surface area contributed by atoms with Gasteiger partial charge >= 0.3 is 5.97 Å². The average molecular weight is 377 g/mol. The molecular formula is C20H31N3O4. The molecule has 0 aromatic heterocycles. The van der Waals surface area contributed by atoms with E-state index in [0.717, 1.165) is 45.2 Å². The Balaban J connectivity index is 1.40. The molecule has 4 atom stereocenters. The molecule has 2 aliphatic heterocycles. The fraction of sp³-hybridized carbons (Fsp3) is 0.750. The van der Waals surface area contributed by atoms with Crippen LogP contribution in [0.3, 0.4) is 0 Å². The van der Waals surface area contributed by atoms with Gasteiger partial charge in [0.05, 0.1) is 18.6 Å². The van der Waals surface area contributed by atoms with Gasteiger partial charge in [-0.25, -0.2) is 0 Å². The molecule has 1 saturated carbocycles. The van der Waals surface area contributed by atoms with E-state index in [9.17, 15) is 14.7 Å². The third-order valence-corrected chi connectivity index (χ3v) is 6.29. The van der Waals surface area contributed by atoms with Crippen molar-refractivity contribution in [2.75, 3.05) is 26.2 Å². The van der Waals surface area contributed by atoms with E-state index in [1.807, 2.05) is 0 Å². The maximum atomic E-state index is 12.0. The van der Waals surface area contributed by atoms with Gasteiger partial charge in [0.1, 0.15) is 5.71 Å². The fourth-order valence-corrected chi connectivity index (χ4v) is 4.60. The standard InChI is InChI=1S/C20H31N3O4/c1-3-21-13(2)19(25)22-16-6-8-23(9-7-16)11-18(24)14-4-5-17-15(10-14)12-27-20(17)26/h3,14-18,24H,1,4-12H2,2H3,(H,22,25)/b21-13+. The molecule has 2 N–H and O–H groups in total. The number of hydrogen-bond acceptors (Lipinski definition) is 6. The number of β-amino-alcohol motifs (C(OH)–C–C–N with tert-alkyl or cyclic N) is 1. The summed E-state index contributed by atoms with van der Waals surface area (Å²) in [4.78, 5) is 29.9. The second-order valence-corrected chi connectivity index (χ2v) is 8.08. The molecule has 4 unspecified atom stereocenters. The smallest absolute Gasteiger partial charge is 0.309 e. The number of nitrogens with zero attached hydrogens (tertiary/aromatic N) is 2. The van der Waals surface area contributed by atoms with Gasteiger partial charge in [-0.15, -0.1) is 0 Å². The summed E-state index contributed by atoms with van der Waals surface area (Å²) < 4.78 is 5.17. The maximum Gasteiger partial charge on any atom is 0.309 e. The van der Waals surface area contributed by atoms with Crippen LogP contribution in [0, 0.1) is 17.8 Å². The number of likely N-dealkylation sites (tertiary alicyclic amines) is 1. The number of hydrogen-bond donors (Lipinski definition) is 2. The number of aliphatic hydroxyl groups is 1. The Kier molecular flexibility index (Phi) is 6.65. The Hall–Kier alpha value is -1.73. The Morgan fingerprint density at radius 2 is 2.15 bits per heavy atom. The Labute approximate surface area is 160 Å². The van der Waals surface area contributed by atoms with E-state index in [1.165, 1.54) is 6.20 Å². The minimum absolute atomic E-state index is 0.0505. The number of carbonyl (C=O) groups excluding carboxylic acids is 2. The largest absolute Gasteiger partial charge is 0.465 e. The summed E-state index contributed by atoms with van der Waals surface area (Å²) in [6.07, 6.45) is 5.37. The molecule has 7 nitrogen and oxygen atoms in total. The lowest BCUT2D eigenvalue weighted by atomic mass is 9.73. The van der Waals surface area contributed by atoms with E-state index < -0.39 is 0 Å². The van der Waals surface area contributed by atoms with Crippen LogP contribution in [0.15, 0.2) is 17.8 Å². The van der Waals surface area contributed by atoms with E-state index in [0.29, 0.717) is 18.9 Å². The van der Waals surface area contributed by atoms with Gasteiger partial charge < -0.3 is 20.1 Å². The molecule has 3 fully saturated rings. The number of cyclic esters (lactones) is 1. The lowest BCUT2D eigenvalue weighted by molar-refractivity contribution is -0.141. The number of amides is 1. The highest BCUT2D eigenvalue weighted by Crippen LogP contribution is 2.40. The van der Waals surface area contributed by atoms with Crippen molar-refractivity contribution in [3.05, 3.63) is 12.8 Å². The molecule has 0 radical (unpaired) electrons. The quantitative estimate of drug-likeness (QED) is 0.535. The summed E-state index contributed by atoms with van der Waals surface area (Å²) in [7, 11) is 0. The second kappa shape index (κ2) is 8.97. The molecule has 150 valence electrons. The number of aliphatic imine (C=N–C) groups is 1. The monoisotopic (exact) mass is 377 g/mol. The molecular weight excluding hydrogens is 346 g/mol. The van der Waals surface area contributed by atoms with E-state index in [4.69, 9.17) is 4.74 Å². The lowest BCUT2D eigenvalue weighted by Gasteiger charge is -2.37. The van der Waals surface area contributed by atoms with E-state index in [1.54, 1.807) is 6.92 Å². The first kappa shape index (κ1) is 20.0. The first-order chi connectivity index (χ1) is 13.0. The second-order valence-electron chi connectivity index (χ2n) is 8.08. The van der Waals surface area contributed by atoms with Crippen LogP contribution in [0.4, 0.5) is 0 Å². The van der Waals surface area contributed by atoms with Crippen molar-refractivity contribution < 1.29 is 19.4 Å². The number of esters is 1. The molecule has 27 heavy (non-hydrogen) atoms. The Morgan fingerprint density at radius 3 is 2.85 bits per heavy atom. The molecule has 0 aromatic carbocycles. The van der Waals surface area contributed by atoms with Gasteiger partial charge in [0.15, 0.2) is 0 Å². The fourth-order valence-electron chi connectivity index (χ4n) is 4.60. The normalized spacial score (nSPS) is 31.1. The van der Waals surface area contributed by atoms with E-state index in [-0.39, 0.29) is 41.8 Å². The van der Waals surface area contributed by atoms with Gasteiger partial charge in [0.25, 0.3) is 5.91 Å². The molecule has 1 aliphatic carbocycles. The van der Waals surface area contributed by atoms with Crippen LogP contribution in [0.2, 0.25) is 0 Å². The Bertz CT molecular complexity index is 598. The van der Waals surface area contributed by atoms with Crippen molar-refractivity contribution in [2.45, 2.75) is 51.2 Å². The zero-order valence-corrected chi connectivity index (χ0v) is 16.1. The number of aliphatic hydroxyl groups excluding tert-OH is 1. The van der Waals surface area contributed by atoms with Gasteiger partial charge in [0.2, 0.25) is 0 Å². The van der Waals surface area contributed by atoms with Crippen LogP contribution in [0.25, 0.3) is 0 Å². The maximum absolute atomic E-state index is 12.0. The number of rotatable bonds is 6. The summed E-state index contributed by atoms with van der Waals surface area (Å²) in [6.45, 7) is 8.09. The summed E-state index contributed by atoms with van der Waals surface area (Å²) in [6, 6.07) is 0.151. The summed E-state index contributed by atoms with van der Waals surface area (Å²) in [5.41, 5.74) is 0.424. The van der Waals surface area contributed by atoms with E-state index in [2.05, 4.69) is 21.8 Å². The van der Waals surface area contributed by atoms with Gasteiger partial charge in [-0.2, -0.15) is 0 Å². The lowest BCUT2D eigenvalue weighted by Crippen LogP contribution is -2.48. The molecule has 2 heterocycles. The molecule has 3 aliphatic rings. The van der Waals surface area contributed by atoms with Gasteiger partial charge in [-0.05, 0) is 44.9 Å². The van der Waals surface area contributed by atoms with Crippen LogP contribution in [0.1, 0.15) is 39.0 Å². The van der Waals surface area contributed by atoms with Crippen LogP contribution in [-0.2, 0) is 14.3 Å². The minimum Gasteiger partial charge on any atom is -0.465 e. The highest BCUT2D eigenvalue weighted by atomic mass is 16.5. The van der Waals surface area contributed by atoms with Crippen LogP contribution < -0.4 is 5.32 Å². The zero-order chi connectivity index (χ0) is 19.4. The van der Waals surface area contributed by atoms with E-state index >= 15 is 0 Å². The molecule has 0 bridgehead atoms. The topological polar surface area (TPSA) is 91.2 Å². The first-order valence-corrected chi connectivity index (χ1v) is 10.0. The SMILES string of the molecule is C=C/N=C(\C)C(=O)NC1CCN(CC(O)C2CCC3C(=O)OCC3C2)CC1. The van der Waals surface area contributed by atoms with Gasteiger partial charge in [-0.1, -0.05) is 6.58 Å². The highest BCUT2D eigenvalue weighted by molar-refractivity contribution is 6.38. The zero-order valence-electron chi connectivity index (χ0n) is 16.1. The number of fused-ring (bicyclic) bond motifs is 1. The van der Waals surface area contributed by atoms with Crippen molar-refractivity contribution in [1.29, 1.82) is 0 Å². The third-order valence-electron chi connectivity index (χ3n) is 6.29. The molecule has 1 amide bonds. The van der Waals surface area contributed by atoms with Crippen molar-refractivity contribution in [1.82, 2.24) is 10.2 Å². The van der Waals surface area contributed by atoms with Crippen molar-refractivity contribution in [3.63, 3.8) is 0 Å². The first-order valence-electron chi connectivity index (χ1n) is 10.0. The van der Waals surface area contributed by atoms with Gasteiger partial charge in [-0.3, -0.25) is 14.6 Å². The Morgan fingerprint density at radius 1 is 1.41 bits per heavy atom. The molecule has 2 saturated heterocycles. The molecule has 0 spiro atoms. The summed E-state index contributed by atoms with van der Waals surface area (Å²) in [5, 5.41) is 13.7. The number of nitrogens with one attached hydrogen (secondary N) is 1. The van der Waals surface area contributed by atoms with Crippen molar-refractivity contribution >= 4 is 17.6 Å².